The number of benzene rings is 1. The van der Waals surface area contributed by atoms with Gasteiger partial charge in [0.15, 0.2) is 5.78 Å². The minimum Gasteiger partial charge on any atom is -0.383 e. The Bertz CT molecular complexity index is 1500. The van der Waals surface area contributed by atoms with Crippen LogP contribution in [0.3, 0.4) is 0 Å². The molecule has 0 aliphatic carbocycles. The van der Waals surface area contributed by atoms with E-state index in [9.17, 15) is 18.0 Å². The summed E-state index contributed by atoms with van der Waals surface area (Å²) in [6.45, 7) is 22.9. The summed E-state index contributed by atoms with van der Waals surface area (Å²) in [5, 5.41) is 9.75. The fourth-order valence-electron chi connectivity index (χ4n) is 6.26. The van der Waals surface area contributed by atoms with Crippen LogP contribution in [-0.2, 0) is 38.7 Å². The Balaban J connectivity index is 0.000000309. The first-order chi connectivity index (χ1) is 23.3. The normalized spacial score (nSPS) is 16.6. The van der Waals surface area contributed by atoms with Crippen molar-refractivity contribution in [2.24, 2.45) is 11.8 Å². The van der Waals surface area contributed by atoms with Crippen molar-refractivity contribution in [3.8, 4) is 0 Å². The number of likely N-dealkylation sites (tertiary alicyclic amines) is 1. The Morgan fingerprint density at radius 3 is 2.24 bits per heavy atom. The number of nitrogens with two attached hydrogens (primary N) is 1. The molecule has 0 radical (unpaired) electrons. The molecule has 1 saturated heterocycles. The van der Waals surface area contributed by atoms with Crippen LogP contribution in [0.25, 0.3) is 0 Å². The number of halogens is 3. The SMILES string of the molecule is CC.CC.CC(=N)c1cc(CN2CCc3c(C(C)=O)csc3C2)cnc1N.CCc1cc(CN2CCC(C(C)CC)C2)cc(C(F)(F)F)c1. The highest BCUT2D eigenvalue weighted by Crippen LogP contribution is 2.33. The first kappa shape index (κ1) is 42.1. The highest BCUT2D eigenvalue weighted by molar-refractivity contribution is 7.10. The topological polar surface area (TPSA) is 86.3 Å². The quantitative estimate of drug-likeness (QED) is 0.171. The monoisotopic (exact) mass is 701 g/mol. The number of rotatable bonds is 9. The number of aromatic nitrogens is 1. The van der Waals surface area contributed by atoms with E-state index in [0.717, 1.165) is 67.8 Å². The zero-order chi connectivity index (χ0) is 36.9. The summed E-state index contributed by atoms with van der Waals surface area (Å²) >= 11 is 1.67. The molecule has 5 rings (SSSR count). The van der Waals surface area contributed by atoms with E-state index in [1.807, 2.05) is 52.1 Å². The number of thiophene rings is 1. The number of aryl methyl sites for hydroxylation is 1. The number of carbonyl (C=O) groups is 1. The van der Waals surface area contributed by atoms with Gasteiger partial charge in [0.2, 0.25) is 0 Å². The third kappa shape index (κ3) is 12.0. The van der Waals surface area contributed by atoms with Gasteiger partial charge in [-0.3, -0.25) is 14.6 Å². The van der Waals surface area contributed by atoms with Crippen LogP contribution in [0.5, 0.6) is 0 Å². The van der Waals surface area contributed by atoms with Gasteiger partial charge in [-0.25, -0.2) is 4.98 Å². The van der Waals surface area contributed by atoms with Crippen LogP contribution >= 0.6 is 11.3 Å². The highest BCUT2D eigenvalue weighted by atomic mass is 32.1. The molecule has 2 atom stereocenters. The van der Waals surface area contributed by atoms with Crippen molar-refractivity contribution < 1.29 is 18.0 Å². The summed E-state index contributed by atoms with van der Waals surface area (Å²) < 4.78 is 39.0. The number of nitrogen functional groups attached to an aromatic ring is 1. The molecule has 272 valence electrons. The molecule has 2 aliphatic heterocycles. The van der Waals surface area contributed by atoms with Crippen molar-refractivity contribution in [1.82, 2.24) is 14.8 Å². The maximum Gasteiger partial charge on any atom is 0.416 e. The second-order valence-electron chi connectivity index (χ2n) is 12.5. The van der Waals surface area contributed by atoms with E-state index in [0.29, 0.717) is 41.9 Å². The number of carbonyl (C=O) groups excluding carboxylic acids is 1. The number of hydrogen-bond donors (Lipinski definition) is 2. The number of alkyl halides is 3. The van der Waals surface area contributed by atoms with E-state index in [-0.39, 0.29) is 5.78 Å². The zero-order valence-electron chi connectivity index (χ0n) is 31.1. The van der Waals surface area contributed by atoms with Crippen LogP contribution in [0.2, 0.25) is 0 Å². The van der Waals surface area contributed by atoms with Gasteiger partial charge in [-0.05, 0) is 91.9 Å². The first-order valence-electron chi connectivity index (χ1n) is 17.8. The van der Waals surface area contributed by atoms with Crippen molar-refractivity contribution >= 4 is 28.6 Å². The number of ketones is 1. The van der Waals surface area contributed by atoms with Gasteiger partial charge in [0.1, 0.15) is 5.82 Å². The minimum absolute atomic E-state index is 0.157. The van der Waals surface area contributed by atoms with Crippen LogP contribution in [0.1, 0.15) is 124 Å². The summed E-state index contributed by atoms with van der Waals surface area (Å²) in [6.07, 6.45) is 1.40. The molecule has 6 nitrogen and oxygen atoms in total. The van der Waals surface area contributed by atoms with Crippen LogP contribution < -0.4 is 5.73 Å². The van der Waals surface area contributed by atoms with Gasteiger partial charge in [-0.15, -0.1) is 11.3 Å². The molecule has 4 heterocycles. The number of nitrogens with zero attached hydrogens (tertiary/aromatic N) is 3. The lowest BCUT2D eigenvalue weighted by Crippen LogP contribution is -2.29. The van der Waals surface area contributed by atoms with Gasteiger partial charge < -0.3 is 11.1 Å². The largest absolute Gasteiger partial charge is 0.416 e. The highest BCUT2D eigenvalue weighted by Gasteiger charge is 2.32. The predicted octanol–water partition coefficient (Wildman–Crippen LogP) is 10.1. The van der Waals surface area contributed by atoms with Gasteiger partial charge in [0.25, 0.3) is 0 Å². The molecular formula is C39H58F3N5OS. The lowest BCUT2D eigenvalue weighted by molar-refractivity contribution is -0.137. The summed E-state index contributed by atoms with van der Waals surface area (Å²) in [5.74, 6) is 1.94. The molecule has 2 unspecified atom stereocenters. The van der Waals surface area contributed by atoms with Crippen molar-refractivity contribution in [3.63, 3.8) is 0 Å². The average Bonchev–Trinajstić information content (AvgIpc) is 3.74. The second-order valence-corrected chi connectivity index (χ2v) is 13.5. The van der Waals surface area contributed by atoms with E-state index in [2.05, 4.69) is 28.6 Å². The summed E-state index contributed by atoms with van der Waals surface area (Å²) in [4.78, 5) is 21.8. The molecule has 0 spiro atoms. The number of Topliss-reactive ketones (excluding diaryl/α,β-unsaturated/α-hetero) is 1. The molecular weight excluding hydrogens is 644 g/mol. The van der Waals surface area contributed by atoms with E-state index < -0.39 is 11.7 Å². The molecule has 3 N–H and O–H groups in total. The molecule has 1 aromatic carbocycles. The van der Waals surface area contributed by atoms with Crippen LogP contribution in [0, 0.1) is 17.2 Å². The van der Waals surface area contributed by atoms with E-state index in [1.165, 1.54) is 29.0 Å². The summed E-state index contributed by atoms with van der Waals surface area (Å²) in [5.41, 5.74) is 11.2. The molecule has 0 bridgehead atoms. The van der Waals surface area contributed by atoms with E-state index in [1.54, 1.807) is 31.4 Å². The maximum atomic E-state index is 13.0. The fourth-order valence-corrected chi connectivity index (χ4v) is 7.44. The number of hydrogen-bond acceptors (Lipinski definition) is 7. The van der Waals surface area contributed by atoms with E-state index in [4.69, 9.17) is 11.1 Å². The molecule has 49 heavy (non-hydrogen) atoms. The predicted molar refractivity (Wildman–Crippen MR) is 200 cm³/mol. The summed E-state index contributed by atoms with van der Waals surface area (Å²) in [6, 6.07) is 6.46. The van der Waals surface area contributed by atoms with Gasteiger partial charge >= 0.3 is 6.18 Å². The molecule has 1 fully saturated rings. The van der Waals surface area contributed by atoms with Gasteiger partial charge in [-0.2, -0.15) is 13.2 Å². The standard InChI is InChI=1S/C18H26F3N.C17H20N4OS.2C2H6/c1-4-13(3)16-6-7-22(12-16)11-15-8-14(5-2)9-17(10-15)18(19,20)21;1-10(18)14-5-12(6-20-17(14)19)7-21-4-3-13-15(11(2)22)9-23-16(13)8-21;2*1-2/h8-10,13,16H,4-7,11-12H2,1-3H3;5-6,9,18H,3-4,7-8H2,1-2H3,(H2,19,20);2*1-2H3. The van der Waals surface area contributed by atoms with Crippen molar-refractivity contribution in [1.29, 1.82) is 5.41 Å². The Hall–Kier alpha value is -3.08. The Labute approximate surface area is 296 Å². The second kappa shape index (κ2) is 19.9. The average molecular weight is 702 g/mol. The fraction of sp³-hybridized carbons (Fsp3) is 0.564. The lowest BCUT2D eigenvalue weighted by Gasteiger charge is -2.27. The van der Waals surface area contributed by atoms with Crippen molar-refractivity contribution in [2.75, 3.05) is 25.4 Å². The smallest absolute Gasteiger partial charge is 0.383 e. The first-order valence-corrected chi connectivity index (χ1v) is 18.7. The van der Waals surface area contributed by atoms with Crippen LogP contribution in [0.4, 0.5) is 19.0 Å². The molecule has 2 aliphatic rings. The Morgan fingerprint density at radius 1 is 1.00 bits per heavy atom. The Morgan fingerprint density at radius 2 is 1.65 bits per heavy atom. The van der Waals surface area contributed by atoms with Crippen molar-refractivity contribution in [3.05, 3.63) is 79.7 Å². The van der Waals surface area contributed by atoms with Gasteiger partial charge in [-0.1, -0.05) is 61.0 Å². The number of pyridine rings is 1. The molecule has 10 heteroatoms. The third-order valence-corrected chi connectivity index (χ3v) is 10.2. The number of fused-ring (bicyclic) bond motifs is 1. The van der Waals surface area contributed by atoms with Crippen molar-refractivity contribution in [2.45, 2.75) is 114 Å². The number of nitrogens with one attached hydrogen (secondary N) is 1. The lowest BCUT2D eigenvalue weighted by atomic mass is 9.91. The minimum atomic E-state index is -4.26. The van der Waals surface area contributed by atoms with Crippen LogP contribution in [0.15, 0.2) is 35.8 Å². The molecule has 0 saturated carbocycles. The Kier molecular flexibility index (Phi) is 17.1. The van der Waals surface area contributed by atoms with Gasteiger partial charge in [0, 0.05) is 66.0 Å². The third-order valence-electron chi connectivity index (χ3n) is 9.14. The van der Waals surface area contributed by atoms with Crippen LogP contribution in [-0.4, -0.2) is 45.9 Å². The summed E-state index contributed by atoms with van der Waals surface area (Å²) in [7, 11) is 0. The van der Waals surface area contributed by atoms with E-state index >= 15 is 0 Å². The molecule has 3 aromatic rings. The molecule has 0 amide bonds. The van der Waals surface area contributed by atoms with Gasteiger partial charge in [0.05, 0.1) is 5.56 Å². The zero-order valence-corrected chi connectivity index (χ0v) is 31.9. The number of anilines is 1. The molecule has 2 aromatic heterocycles. The maximum absolute atomic E-state index is 13.0.